The van der Waals surface area contributed by atoms with Crippen molar-refractivity contribution in [1.82, 2.24) is 4.90 Å². The van der Waals surface area contributed by atoms with E-state index >= 15 is 0 Å². The van der Waals surface area contributed by atoms with Gasteiger partial charge in [-0.25, -0.2) is 4.39 Å². The monoisotopic (exact) mass is 371 g/mol. The Kier molecular flexibility index (Phi) is 4.52. The summed E-state index contributed by atoms with van der Waals surface area (Å²) in [5.41, 5.74) is 1.33. The minimum absolute atomic E-state index is 0.160. The number of halogens is 1. The van der Waals surface area contributed by atoms with Gasteiger partial charge in [0.2, 0.25) is 0 Å². The average molecular weight is 371 g/mol. The van der Waals surface area contributed by atoms with Gasteiger partial charge in [0.15, 0.2) is 5.78 Å². The molecule has 0 spiro atoms. The molecule has 27 heavy (non-hydrogen) atoms. The third kappa shape index (κ3) is 3.26. The van der Waals surface area contributed by atoms with Crippen molar-refractivity contribution < 1.29 is 19.1 Å². The van der Waals surface area contributed by atoms with Crippen LogP contribution in [-0.2, 0) is 4.79 Å². The number of fused-ring (bicyclic) bond motifs is 1. The SMILES string of the molecule is C#CCN1CCN(c2cc3c(cc2F)C(=O)C(C(=O)O)CN3C2CC2)CC1. The maximum Gasteiger partial charge on any atom is 0.316 e. The standard InChI is InChI=1S/C20H22FN3O3/c1-2-5-22-6-8-23(9-7-22)18-11-17-14(10-16(18)21)19(25)15(20(26)27)12-24(17)13-3-4-13/h1,10-11,13,15H,3-9,12H2,(H,26,27). The molecule has 0 radical (unpaired) electrons. The number of carbonyl (C=O) groups is 2. The first-order valence-electron chi connectivity index (χ1n) is 9.27. The first kappa shape index (κ1) is 17.8. The normalized spacial score (nSPS) is 23.1. The first-order chi connectivity index (χ1) is 13.0. The van der Waals surface area contributed by atoms with Gasteiger partial charge in [-0.05, 0) is 25.0 Å². The molecule has 1 aromatic carbocycles. The molecule has 6 nitrogen and oxygen atoms in total. The number of anilines is 2. The summed E-state index contributed by atoms with van der Waals surface area (Å²) in [6, 6.07) is 3.20. The number of carboxylic acid groups (broad SMARTS) is 1. The molecule has 7 heteroatoms. The van der Waals surface area contributed by atoms with Gasteiger partial charge in [-0.2, -0.15) is 0 Å². The fourth-order valence-corrected chi connectivity index (χ4v) is 3.99. The fourth-order valence-electron chi connectivity index (χ4n) is 3.99. The molecule has 3 aliphatic rings. The van der Waals surface area contributed by atoms with Crippen LogP contribution in [0.15, 0.2) is 12.1 Å². The number of benzene rings is 1. The Labute approximate surface area is 157 Å². The van der Waals surface area contributed by atoms with Crippen molar-refractivity contribution in [3.8, 4) is 12.3 Å². The molecule has 1 unspecified atom stereocenters. The van der Waals surface area contributed by atoms with E-state index in [9.17, 15) is 19.1 Å². The van der Waals surface area contributed by atoms with Crippen LogP contribution < -0.4 is 9.80 Å². The number of hydrogen-bond acceptors (Lipinski definition) is 5. The lowest BCUT2D eigenvalue weighted by molar-refractivity contribution is -0.139. The van der Waals surface area contributed by atoms with E-state index in [1.165, 1.54) is 6.07 Å². The minimum atomic E-state index is -1.15. The highest BCUT2D eigenvalue weighted by Gasteiger charge is 2.42. The van der Waals surface area contributed by atoms with Crippen LogP contribution in [0.3, 0.4) is 0 Å². The zero-order valence-corrected chi connectivity index (χ0v) is 15.0. The number of hydrogen-bond donors (Lipinski definition) is 1. The third-order valence-electron chi connectivity index (χ3n) is 5.65. The van der Waals surface area contributed by atoms with E-state index in [4.69, 9.17) is 6.42 Å². The summed E-state index contributed by atoms with van der Waals surface area (Å²) < 4.78 is 14.8. The molecule has 0 aromatic heterocycles. The van der Waals surface area contributed by atoms with Crippen molar-refractivity contribution >= 4 is 23.1 Å². The molecule has 2 fully saturated rings. The van der Waals surface area contributed by atoms with E-state index in [0.717, 1.165) is 25.9 Å². The molecular weight excluding hydrogens is 349 g/mol. The lowest BCUT2D eigenvalue weighted by Crippen LogP contribution is -2.47. The van der Waals surface area contributed by atoms with Gasteiger partial charge in [-0.3, -0.25) is 14.5 Å². The van der Waals surface area contributed by atoms with E-state index in [2.05, 4.69) is 10.8 Å². The quantitative estimate of drug-likeness (QED) is 0.638. The molecule has 0 amide bonds. The maximum absolute atomic E-state index is 14.8. The van der Waals surface area contributed by atoms with Crippen molar-refractivity contribution in [3.05, 3.63) is 23.5 Å². The molecule has 1 aliphatic carbocycles. The number of terminal acetylenes is 1. The summed E-state index contributed by atoms with van der Waals surface area (Å²) in [5.74, 6) is -0.627. The highest BCUT2D eigenvalue weighted by atomic mass is 19.1. The van der Waals surface area contributed by atoms with Crippen LogP contribution in [-0.4, -0.2) is 67.1 Å². The minimum Gasteiger partial charge on any atom is -0.481 e. The Balaban J connectivity index is 1.65. The van der Waals surface area contributed by atoms with Crippen LogP contribution in [0.4, 0.5) is 15.8 Å². The zero-order chi connectivity index (χ0) is 19.1. The number of piperazine rings is 1. The number of ketones is 1. The Hall–Kier alpha value is -2.59. The molecule has 1 aromatic rings. The van der Waals surface area contributed by atoms with Gasteiger partial charge in [-0.15, -0.1) is 6.42 Å². The lowest BCUT2D eigenvalue weighted by Gasteiger charge is -2.38. The van der Waals surface area contributed by atoms with Gasteiger partial charge >= 0.3 is 5.97 Å². The Morgan fingerprint density at radius 3 is 2.52 bits per heavy atom. The maximum atomic E-state index is 14.8. The Morgan fingerprint density at radius 1 is 1.22 bits per heavy atom. The van der Waals surface area contributed by atoms with Crippen LogP contribution in [0.2, 0.25) is 0 Å². The van der Waals surface area contributed by atoms with E-state index in [1.54, 1.807) is 6.07 Å². The van der Waals surface area contributed by atoms with E-state index in [-0.39, 0.29) is 18.2 Å². The van der Waals surface area contributed by atoms with Gasteiger partial charge in [0.1, 0.15) is 11.7 Å². The van der Waals surface area contributed by atoms with Crippen molar-refractivity contribution in [2.45, 2.75) is 18.9 Å². The fraction of sp³-hybridized carbons (Fsp3) is 0.500. The lowest BCUT2D eigenvalue weighted by atomic mass is 9.90. The molecule has 2 aliphatic heterocycles. The second kappa shape index (κ2) is 6.86. The number of rotatable bonds is 4. The summed E-state index contributed by atoms with van der Waals surface area (Å²) in [7, 11) is 0. The summed E-state index contributed by atoms with van der Waals surface area (Å²) >= 11 is 0. The van der Waals surface area contributed by atoms with E-state index in [0.29, 0.717) is 31.0 Å². The molecule has 142 valence electrons. The predicted octanol–water partition coefficient (Wildman–Crippen LogP) is 1.45. The van der Waals surface area contributed by atoms with Crippen LogP contribution in [0.5, 0.6) is 0 Å². The molecule has 0 bridgehead atoms. The van der Waals surface area contributed by atoms with Gasteiger partial charge < -0.3 is 14.9 Å². The molecule has 1 atom stereocenters. The van der Waals surface area contributed by atoms with Gasteiger partial charge in [0, 0.05) is 44.3 Å². The molecular formula is C20H22FN3O3. The summed E-state index contributed by atoms with van der Waals surface area (Å²) in [6.07, 6.45) is 7.30. The molecule has 2 heterocycles. The zero-order valence-electron chi connectivity index (χ0n) is 15.0. The van der Waals surface area contributed by atoms with Crippen LogP contribution >= 0.6 is 0 Å². The van der Waals surface area contributed by atoms with Crippen LogP contribution in [0, 0.1) is 24.1 Å². The van der Waals surface area contributed by atoms with Crippen molar-refractivity contribution in [2.24, 2.45) is 5.92 Å². The third-order valence-corrected chi connectivity index (χ3v) is 5.65. The van der Waals surface area contributed by atoms with Gasteiger partial charge in [-0.1, -0.05) is 5.92 Å². The topological polar surface area (TPSA) is 64.1 Å². The molecule has 4 rings (SSSR count). The molecule has 1 saturated carbocycles. The van der Waals surface area contributed by atoms with Crippen LogP contribution in [0.25, 0.3) is 0 Å². The van der Waals surface area contributed by atoms with E-state index < -0.39 is 23.5 Å². The largest absolute Gasteiger partial charge is 0.481 e. The number of aliphatic carboxylic acids is 1. The Bertz CT molecular complexity index is 822. The number of carbonyl (C=O) groups excluding carboxylic acids is 1. The van der Waals surface area contributed by atoms with Gasteiger partial charge in [0.05, 0.1) is 17.9 Å². The smallest absolute Gasteiger partial charge is 0.316 e. The number of carboxylic acids is 1. The number of Topliss-reactive ketones (excluding diaryl/α,β-unsaturated/α-hetero) is 1. The van der Waals surface area contributed by atoms with Gasteiger partial charge in [0.25, 0.3) is 0 Å². The number of nitrogens with zero attached hydrogens (tertiary/aromatic N) is 3. The van der Waals surface area contributed by atoms with Crippen molar-refractivity contribution in [2.75, 3.05) is 49.1 Å². The van der Waals surface area contributed by atoms with Crippen molar-refractivity contribution in [3.63, 3.8) is 0 Å². The first-order valence-corrected chi connectivity index (χ1v) is 9.27. The highest BCUT2D eigenvalue weighted by Crippen LogP contribution is 2.41. The summed E-state index contributed by atoms with van der Waals surface area (Å²) in [5, 5.41) is 9.38. The average Bonchev–Trinajstić information content (AvgIpc) is 3.48. The van der Waals surface area contributed by atoms with E-state index in [1.807, 2.05) is 9.80 Å². The Morgan fingerprint density at radius 2 is 1.93 bits per heavy atom. The summed E-state index contributed by atoms with van der Waals surface area (Å²) in [6.45, 7) is 3.58. The van der Waals surface area contributed by atoms with Crippen molar-refractivity contribution in [1.29, 1.82) is 0 Å². The van der Waals surface area contributed by atoms with Crippen LogP contribution in [0.1, 0.15) is 23.2 Å². The second-order valence-electron chi connectivity index (χ2n) is 7.43. The molecule has 1 N–H and O–H groups in total. The summed E-state index contributed by atoms with van der Waals surface area (Å²) in [4.78, 5) is 30.2. The highest BCUT2D eigenvalue weighted by molar-refractivity contribution is 6.13. The molecule has 1 saturated heterocycles. The second-order valence-corrected chi connectivity index (χ2v) is 7.43. The predicted molar refractivity (Wildman–Crippen MR) is 99.7 cm³/mol.